The number of pyridine rings is 1. The first-order valence-corrected chi connectivity index (χ1v) is 5.92. The topological polar surface area (TPSA) is 39.9 Å². The van der Waals surface area contributed by atoms with Crippen LogP contribution < -0.4 is 0 Å². The molecule has 0 amide bonds. The summed E-state index contributed by atoms with van der Waals surface area (Å²) in [6.07, 6.45) is 5.56. The van der Waals surface area contributed by atoms with Crippen molar-refractivity contribution in [1.82, 2.24) is 9.88 Å². The molecule has 3 heteroatoms. The zero-order valence-electron chi connectivity index (χ0n) is 9.69. The smallest absolute Gasteiger partial charge is 0.140 e. The van der Waals surface area contributed by atoms with Gasteiger partial charge in [-0.05, 0) is 43.5 Å². The summed E-state index contributed by atoms with van der Waals surface area (Å²) in [5.41, 5.74) is 1.72. The molecule has 1 saturated heterocycles. The fourth-order valence-corrected chi connectivity index (χ4v) is 2.43. The van der Waals surface area contributed by atoms with Gasteiger partial charge in [0.2, 0.25) is 0 Å². The molecule has 1 fully saturated rings. The summed E-state index contributed by atoms with van der Waals surface area (Å²) in [6.45, 7) is 4.38. The third-order valence-electron chi connectivity index (χ3n) is 3.29. The maximum absolute atomic E-state index is 8.79. The van der Waals surface area contributed by atoms with Crippen LogP contribution in [-0.4, -0.2) is 22.5 Å². The third-order valence-corrected chi connectivity index (χ3v) is 3.29. The second kappa shape index (κ2) is 5.09. The van der Waals surface area contributed by atoms with Crippen molar-refractivity contribution in [3.05, 3.63) is 29.6 Å². The monoisotopic (exact) mass is 215 g/mol. The maximum Gasteiger partial charge on any atom is 0.140 e. The number of likely N-dealkylation sites (tertiary alicyclic amines) is 1. The summed E-state index contributed by atoms with van der Waals surface area (Å²) in [7, 11) is 0. The Kier molecular flexibility index (Phi) is 3.53. The molecule has 1 aromatic rings. The van der Waals surface area contributed by atoms with E-state index in [-0.39, 0.29) is 0 Å². The van der Waals surface area contributed by atoms with Crippen LogP contribution in [0.15, 0.2) is 18.3 Å². The van der Waals surface area contributed by atoms with E-state index < -0.39 is 0 Å². The standard InChI is InChI=1S/C13H17N3/c1-2-13-4-3-7-16(13)10-11-5-6-15-12(8-11)9-14/h5-6,8,13H,2-4,7,10H2,1H3. The molecule has 1 aliphatic rings. The number of hydrogen-bond acceptors (Lipinski definition) is 3. The lowest BCUT2D eigenvalue weighted by molar-refractivity contribution is 0.240. The van der Waals surface area contributed by atoms with Crippen molar-refractivity contribution >= 4 is 0 Å². The highest BCUT2D eigenvalue weighted by Gasteiger charge is 2.22. The van der Waals surface area contributed by atoms with E-state index in [1.54, 1.807) is 6.20 Å². The van der Waals surface area contributed by atoms with E-state index in [1.807, 2.05) is 12.1 Å². The molecular formula is C13H17N3. The highest BCUT2D eigenvalue weighted by atomic mass is 15.2. The van der Waals surface area contributed by atoms with Crippen molar-refractivity contribution in [1.29, 1.82) is 5.26 Å². The van der Waals surface area contributed by atoms with Crippen molar-refractivity contribution in [2.75, 3.05) is 6.54 Å². The summed E-state index contributed by atoms with van der Waals surface area (Å²) in [4.78, 5) is 6.50. The zero-order valence-corrected chi connectivity index (χ0v) is 9.69. The van der Waals surface area contributed by atoms with Gasteiger partial charge in [-0.2, -0.15) is 5.26 Å². The maximum atomic E-state index is 8.79. The number of nitrogens with zero attached hydrogens (tertiary/aromatic N) is 3. The molecule has 0 radical (unpaired) electrons. The minimum Gasteiger partial charge on any atom is -0.296 e. The summed E-state index contributed by atoms with van der Waals surface area (Å²) in [5, 5.41) is 8.79. The van der Waals surface area contributed by atoms with E-state index in [1.165, 1.54) is 31.4 Å². The van der Waals surface area contributed by atoms with Crippen LogP contribution in [0, 0.1) is 11.3 Å². The van der Waals surface area contributed by atoms with Gasteiger partial charge in [0.15, 0.2) is 0 Å². The normalized spacial score (nSPS) is 20.9. The van der Waals surface area contributed by atoms with Crippen molar-refractivity contribution < 1.29 is 0 Å². The Morgan fingerprint density at radius 2 is 2.50 bits per heavy atom. The molecule has 3 nitrogen and oxygen atoms in total. The third kappa shape index (κ3) is 2.40. The molecule has 0 aliphatic carbocycles. The van der Waals surface area contributed by atoms with Crippen molar-refractivity contribution in [2.24, 2.45) is 0 Å². The number of hydrogen-bond donors (Lipinski definition) is 0. The van der Waals surface area contributed by atoms with Crippen LogP contribution in [0.4, 0.5) is 0 Å². The van der Waals surface area contributed by atoms with Gasteiger partial charge in [-0.25, -0.2) is 4.98 Å². The molecule has 0 saturated carbocycles. The summed E-state index contributed by atoms with van der Waals surface area (Å²) in [5.74, 6) is 0. The Bertz CT molecular complexity index is 394. The van der Waals surface area contributed by atoms with E-state index in [0.717, 1.165) is 12.6 Å². The average molecular weight is 215 g/mol. The van der Waals surface area contributed by atoms with Crippen LogP contribution in [0.5, 0.6) is 0 Å². The molecule has 1 atom stereocenters. The lowest BCUT2D eigenvalue weighted by Gasteiger charge is -2.23. The summed E-state index contributed by atoms with van der Waals surface area (Å²) >= 11 is 0. The van der Waals surface area contributed by atoms with Gasteiger partial charge >= 0.3 is 0 Å². The molecule has 16 heavy (non-hydrogen) atoms. The number of aromatic nitrogens is 1. The molecule has 1 unspecified atom stereocenters. The van der Waals surface area contributed by atoms with Crippen LogP contribution in [0.3, 0.4) is 0 Å². The quantitative estimate of drug-likeness (QED) is 0.777. The van der Waals surface area contributed by atoms with Gasteiger partial charge in [0.25, 0.3) is 0 Å². The van der Waals surface area contributed by atoms with E-state index in [4.69, 9.17) is 5.26 Å². The predicted molar refractivity (Wildman–Crippen MR) is 62.7 cm³/mol. The van der Waals surface area contributed by atoms with Gasteiger partial charge in [-0.15, -0.1) is 0 Å². The van der Waals surface area contributed by atoms with Gasteiger partial charge in [-0.1, -0.05) is 6.92 Å². The largest absolute Gasteiger partial charge is 0.296 e. The van der Waals surface area contributed by atoms with Crippen molar-refractivity contribution in [2.45, 2.75) is 38.8 Å². The molecule has 2 heterocycles. The van der Waals surface area contributed by atoms with Gasteiger partial charge in [0.1, 0.15) is 11.8 Å². The minimum atomic E-state index is 0.518. The first-order valence-electron chi connectivity index (χ1n) is 5.92. The molecule has 0 bridgehead atoms. The summed E-state index contributed by atoms with van der Waals surface area (Å²) in [6, 6.07) is 6.71. The molecule has 2 rings (SSSR count). The number of nitriles is 1. The molecule has 84 valence electrons. The van der Waals surface area contributed by atoms with E-state index in [2.05, 4.69) is 22.9 Å². The second-order valence-corrected chi connectivity index (χ2v) is 4.34. The molecule has 1 aliphatic heterocycles. The van der Waals surface area contributed by atoms with Gasteiger partial charge < -0.3 is 0 Å². The van der Waals surface area contributed by atoms with Gasteiger partial charge in [0, 0.05) is 18.8 Å². The lowest BCUT2D eigenvalue weighted by atomic mass is 10.1. The highest BCUT2D eigenvalue weighted by molar-refractivity contribution is 5.25. The lowest BCUT2D eigenvalue weighted by Crippen LogP contribution is -2.28. The average Bonchev–Trinajstić information content (AvgIpc) is 2.76. The van der Waals surface area contributed by atoms with Gasteiger partial charge in [-0.3, -0.25) is 4.90 Å². The molecule has 0 N–H and O–H groups in total. The Labute approximate surface area is 96.7 Å². The second-order valence-electron chi connectivity index (χ2n) is 4.34. The Balaban J connectivity index is 2.06. The van der Waals surface area contributed by atoms with Crippen LogP contribution in [0.25, 0.3) is 0 Å². The Morgan fingerprint density at radius 1 is 1.62 bits per heavy atom. The predicted octanol–water partition coefficient (Wildman–Crippen LogP) is 2.33. The highest BCUT2D eigenvalue weighted by Crippen LogP contribution is 2.22. The Morgan fingerprint density at radius 3 is 3.25 bits per heavy atom. The number of rotatable bonds is 3. The molecule has 1 aromatic heterocycles. The van der Waals surface area contributed by atoms with Gasteiger partial charge in [0.05, 0.1) is 0 Å². The van der Waals surface area contributed by atoms with E-state index in [0.29, 0.717) is 5.69 Å². The van der Waals surface area contributed by atoms with E-state index >= 15 is 0 Å². The van der Waals surface area contributed by atoms with Crippen molar-refractivity contribution in [3.8, 4) is 6.07 Å². The first kappa shape index (κ1) is 11.1. The van der Waals surface area contributed by atoms with Crippen molar-refractivity contribution in [3.63, 3.8) is 0 Å². The molecular weight excluding hydrogens is 198 g/mol. The van der Waals surface area contributed by atoms with Crippen LogP contribution in [-0.2, 0) is 6.54 Å². The van der Waals surface area contributed by atoms with E-state index in [9.17, 15) is 0 Å². The Hall–Kier alpha value is -1.40. The zero-order chi connectivity index (χ0) is 11.4. The first-order chi connectivity index (χ1) is 7.83. The SMILES string of the molecule is CCC1CCCN1Cc1ccnc(C#N)c1. The fraction of sp³-hybridized carbons (Fsp3) is 0.538. The molecule has 0 spiro atoms. The van der Waals surface area contributed by atoms with Crippen LogP contribution >= 0.6 is 0 Å². The van der Waals surface area contributed by atoms with Crippen LogP contribution in [0.1, 0.15) is 37.4 Å². The molecule has 0 aromatic carbocycles. The summed E-state index contributed by atoms with van der Waals surface area (Å²) < 4.78 is 0. The minimum absolute atomic E-state index is 0.518. The van der Waals surface area contributed by atoms with Crippen LogP contribution in [0.2, 0.25) is 0 Å². The fourth-order valence-electron chi connectivity index (χ4n) is 2.43.